The van der Waals surface area contributed by atoms with E-state index in [-0.39, 0.29) is 5.91 Å². The van der Waals surface area contributed by atoms with Gasteiger partial charge in [0.05, 0.1) is 139 Å². The van der Waals surface area contributed by atoms with Crippen LogP contribution < -0.4 is 10.1 Å². The lowest BCUT2D eigenvalue weighted by atomic mass is 10.2. The molecule has 0 spiro atoms. The van der Waals surface area contributed by atoms with Crippen molar-refractivity contribution in [2.75, 3.05) is 157 Å². The van der Waals surface area contributed by atoms with Crippen molar-refractivity contribution in [1.82, 2.24) is 0 Å². The summed E-state index contributed by atoms with van der Waals surface area (Å²) in [5.74, 6) is 0.610. The van der Waals surface area contributed by atoms with Crippen LogP contribution in [-0.4, -0.2) is 158 Å². The molecule has 0 radical (unpaired) electrons. The Morgan fingerprint density at radius 3 is 1.02 bits per heavy atom. The smallest absolute Gasteiger partial charge is 0.221 e. The lowest BCUT2D eigenvalue weighted by Gasteiger charge is -2.09. The van der Waals surface area contributed by atoms with Gasteiger partial charge in [-0.1, -0.05) is 26.2 Å². The van der Waals surface area contributed by atoms with Gasteiger partial charge in [-0.3, -0.25) is 4.79 Å². The maximum Gasteiger partial charge on any atom is 0.221 e. The summed E-state index contributed by atoms with van der Waals surface area (Å²) in [4.78, 5) is 11.0. The van der Waals surface area contributed by atoms with E-state index in [1.807, 2.05) is 0 Å². The van der Waals surface area contributed by atoms with Gasteiger partial charge in [-0.2, -0.15) is 0 Å². The quantitative estimate of drug-likeness (QED) is 0.0986. The number of carbonyl (C=O) groups excluding carboxylic acids is 1. The van der Waals surface area contributed by atoms with Crippen LogP contribution in [-0.2, 0) is 56.9 Å². The molecule has 0 aliphatic carbocycles. The van der Waals surface area contributed by atoms with Gasteiger partial charge in [-0.05, 0) is 30.7 Å². The monoisotopic (exact) mass is 719 g/mol. The first-order valence-corrected chi connectivity index (χ1v) is 18.1. The van der Waals surface area contributed by atoms with Crippen LogP contribution in [0.15, 0.2) is 24.3 Å². The van der Waals surface area contributed by atoms with E-state index in [4.69, 9.17) is 56.8 Å². The van der Waals surface area contributed by atoms with E-state index in [0.717, 1.165) is 24.5 Å². The molecule has 0 fully saturated rings. The molecule has 1 N–H and O–H groups in total. The van der Waals surface area contributed by atoms with Crippen LogP contribution in [0.2, 0.25) is 0 Å². The van der Waals surface area contributed by atoms with Crippen LogP contribution in [0.3, 0.4) is 0 Å². The maximum absolute atomic E-state index is 11.0. The Kier molecular flexibility index (Phi) is 35.3. The van der Waals surface area contributed by atoms with Gasteiger partial charge in [0.25, 0.3) is 0 Å². The van der Waals surface area contributed by atoms with Crippen molar-refractivity contribution in [3.63, 3.8) is 0 Å². The molecule has 0 heterocycles. The lowest BCUT2D eigenvalue weighted by Crippen LogP contribution is -2.15. The van der Waals surface area contributed by atoms with E-state index in [1.165, 1.54) is 26.2 Å². The van der Waals surface area contributed by atoms with Crippen molar-refractivity contribution in [2.24, 2.45) is 0 Å². The maximum atomic E-state index is 11.0. The van der Waals surface area contributed by atoms with Crippen LogP contribution in [0, 0.1) is 0 Å². The fourth-order valence-corrected chi connectivity index (χ4v) is 3.99. The van der Waals surface area contributed by atoms with Gasteiger partial charge in [-0.25, -0.2) is 0 Å². The highest BCUT2D eigenvalue weighted by atomic mass is 16.6. The predicted octanol–water partition coefficient (Wildman–Crippen LogP) is 3.79. The Bertz CT molecular complexity index is 835. The van der Waals surface area contributed by atoms with Crippen LogP contribution in [0.1, 0.15) is 39.5 Å². The zero-order valence-electron chi connectivity index (χ0n) is 30.7. The Balaban J connectivity index is 1.65. The minimum atomic E-state index is -0.107. The van der Waals surface area contributed by atoms with Crippen LogP contribution in [0.5, 0.6) is 5.75 Å². The van der Waals surface area contributed by atoms with E-state index >= 15 is 0 Å². The largest absolute Gasteiger partial charge is 0.491 e. The summed E-state index contributed by atoms with van der Waals surface area (Å²) in [5, 5.41) is 2.71. The van der Waals surface area contributed by atoms with E-state index in [1.54, 1.807) is 24.3 Å². The highest BCUT2D eigenvalue weighted by Gasteiger charge is 1.99. The zero-order chi connectivity index (χ0) is 35.8. The van der Waals surface area contributed by atoms with Crippen molar-refractivity contribution >= 4 is 11.6 Å². The first-order valence-electron chi connectivity index (χ1n) is 18.1. The van der Waals surface area contributed by atoms with Gasteiger partial charge in [-0.15, -0.1) is 0 Å². The molecule has 0 aromatic heterocycles. The molecule has 0 saturated carbocycles. The van der Waals surface area contributed by atoms with Crippen LogP contribution in [0.4, 0.5) is 5.69 Å². The molecule has 1 aromatic rings. The van der Waals surface area contributed by atoms with Crippen molar-refractivity contribution in [2.45, 2.75) is 39.5 Å². The number of hydrogen-bond donors (Lipinski definition) is 1. The topological polar surface area (TPSA) is 140 Å². The summed E-state index contributed by atoms with van der Waals surface area (Å²) in [7, 11) is 0. The molecule has 0 atom stereocenters. The minimum Gasteiger partial charge on any atom is -0.491 e. The third kappa shape index (κ3) is 34.5. The average Bonchev–Trinajstić information content (AvgIpc) is 3.11. The van der Waals surface area contributed by atoms with Gasteiger partial charge < -0.3 is 62.2 Å². The van der Waals surface area contributed by atoms with Crippen molar-refractivity contribution in [3.05, 3.63) is 24.3 Å². The minimum absolute atomic E-state index is 0.107. The number of nitrogens with one attached hydrogen (secondary N) is 1. The molecule has 1 aromatic carbocycles. The van der Waals surface area contributed by atoms with Gasteiger partial charge in [0, 0.05) is 19.2 Å². The molecule has 292 valence electrons. The molecular weight excluding hydrogens is 654 g/mol. The summed E-state index contributed by atoms with van der Waals surface area (Å²) < 4.78 is 66.0. The van der Waals surface area contributed by atoms with Crippen molar-refractivity contribution < 1.29 is 61.6 Å². The second-order valence-electron chi connectivity index (χ2n) is 10.9. The summed E-state index contributed by atoms with van der Waals surface area (Å²) >= 11 is 0. The Hall–Kier alpha value is -1.95. The highest BCUT2D eigenvalue weighted by Crippen LogP contribution is 2.15. The van der Waals surface area contributed by atoms with Crippen molar-refractivity contribution in [3.8, 4) is 5.75 Å². The SMILES string of the molecule is CCCCCCOCCOCCOCCOCCOCCOCCOCCOCCOCCOCCOCCOc1ccc(NC(C)=O)cc1. The average molecular weight is 720 g/mol. The zero-order valence-corrected chi connectivity index (χ0v) is 30.7. The first-order chi connectivity index (χ1) is 24.7. The third-order valence-electron chi connectivity index (χ3n) is 6.53. The number of ether oxygens (including phenoxy) is 12. The van der Waals surface area contributed by atoms with E-state index < -0.39 is 0 Å². The normalized spacial score (nSPS) is 11.3. The van der Waals surface area contributed by atoms with Gasteiger partial charge in [0.2, 0.25) is 5.91 Å². The number of anilines is 1. The third-order valence-corrected chi connectivity index (χ3v) is 6.53. The molecule has 50 heavy (non-hydrogen) atoms. The predicted molar refractivity (Wildman–Crippen MR) is 189 cm³/mol. The first kappa shape index (κ1) is 46.1. The summed E-state index contributed by atoms with van der Waals surface area (Å²) in [6.45, 7) is 15.8. The van der Waals surface area contributed by atoms with E-state index in [9.17, 15) is 4.79 Å². The van der Waals surface area contributed by atoms with Crippen molar-refractivity contribution in [1.29, 1.82) is 0 Å². The fourth-order valence-electron chi connectivity index (χ4n) is 3.99. The Labute approximate surface area is 299 Å². The molecule has 1 rings (SSSR count). The second kappa shape index (κ2) is 38.3. The number of rotatable bonds is 40. The van der Waals surface area contributed by atoms with Crippen LogP contribution >= 0.6 is 0 Å². The molecule has 0 aliphatic heterocycles. The van der Waals surface area contributed by atoms with Gasteiger partial charge in [0.1, 0.15) is 12.4 Å². The van der Waals surface area contributed by atoms with Crippen LogP contribution in [0.25, 0.3) is 0 Å². The van der Waals surface area contributed by atoms with E-state index in [0.29, 0.717) is 145 Å². The standard InChI is InChI=1S/C36H65NO13/c1-3-4-5-6-11-39-12-13-40-14-15-41-16-17-42-18-19-43-20-21-44-22-23-45-24-25-46-26-27-47-28-29-48-30-31-49-32-33-50-36-9-7-35(8-10-36)37-34(2)38/h7-10H,3-6,11-33H2,1-2H3,(H,37,38). The van der Waals surface area contributed by atoms with Gasteiger partial charge in [0.15, 0.2) is 0 Å². The number of carbonyl (C=O) groups is 1. The summed E-state index contributed by atoms with van der Waals surface area (Å²) in [6.07, 6.45) is 4.88. The number of amides is 1. The highest BCUT2D eigenvalue weighted by molar-refractivity contribution is 5.88. The number of unbranched alkanes of at least 4 members (excludes halogenated alkanes) is 3. The second-order valence-corrected chi connectivity index (χ2v) is 10.9. The van der Waals surface area contributed by atoms with Gasteiger partial charge >= 0.3 is 0 Å². The molecule has 0 bridgehead atoms. The Morgan fingerprint density at radius 2 is 0.720 bits per heavy atom. The molecule has 14 nitrogen and oxygen atoms in total. The molecular formula is C36H65NO13. The molecule has 1 amide bonds. The molecule has 14 heteroatoms. The Morgan fingerprint density at radius 1 is 0.420 bits per heavy atom. The fraction of sp³-hybridized carbons (Fsp3) is 0.806. The molecule has 0 saturated heterocycles. The molecule has 0 unspecified atom stereocenters. The summed E-state index contributed by atoms with van der Waals surface area (Å²) in [6, 6.07) is 7.18. The molecule has 0 aliphatic rings. The number of benzene rings is 1. The number of hydrogen-bond acceptors (Lipinski definition) is 13. The van der Waals surface area contributed by atoms with E-state index in [2.05, 4.69) is 12.2 Å². The summed E-state index contributed by atoms with van der Waals surface area (Å²) in [5.41, 5.74) is 0.732. The lowest BCUT2D eigenvalue weighted by molar-refractivity contribution is -0.114.